The van der Waals surface area contributed by atoms with Gasteiger partial charge in [0.15, 0.2) is 15.0 Å². The van der Waals surface area contributed by atoms with Crippen LogP contribution in [0.5, 0.6) is 0 Å². The van der Waals surface area contributed by atoms with E-state index in [-0.39, 0.29) is 10.8 Å². The van der Waals surface area contributed by atoms with Crippen molar-refractivity contribution in [3.63, 3.8) is 0 Å². The minimum absolute atomic E-state index is 0.184. The third kappa shape index (κ3) is 5.01. The molecule has 0 saturated heterocycles. The molecule has 0 atom stereocenters. The summed E-state index contributed by atoms with van der Waals surface area (Å²) in [4.78, 5) is 22.1. The fraction of sp³-hybridized carbons (Fsp3) is 0.333. The highest BCUT2D eigenvalue weighted by molar-refractivity contribution is 7.90. The minimum Gasteiger partial charge on any atom is -0.302 e. The van der Waals surface area contributed by atoms with Crippen molar-refractivity contribution >= 4 is 42.4 Å². The van der Waals surface area contributed by atoms with Crippen molar-refractivity contribution in [3.05, 3.63) is 54.1 Å². The van der Waals surface area contributed by atoms with Gasteiger partial charge in [-0.1, -0.05) is 37.3 Å². The molecule has 0 aliphatic rings. The molecule has 0 spiro atoms. The number of hydrogen-bond donors (Lipinski definition) is 0. The molecule has 1 heterocycles. The van der Waals surface area contributed by atoms with Crippen molar-refractivity contribution in [1.82, 2.24) is 9.88 Å². The average Bonchev–Trinajstić information content (AvgIpc) is 3.14. The lowest BCUT2D eigenvalue weighted by Gasteiger charge is -2.24. The summed E-state index contributed by atoms with van der Waals surface area (Å²) in [6.45, 7) is 7.24. The maximum Gasteiger partial charge on any atom is 0.260 e. The van der Waals surface area contributed by atoms with Gasteiger partial charge in [0.25, 0.3) is 5.91 Å². The predicted molar refractivity (Wildman–Crippen MR) is 119 cm³/mol. The summed E-state index contributed by atoms with van der Waals surface area (Å²) in [6.07, 6.45) is 1.15. The van der Waals surface area contributed by atoms with E-state index in [0.717, 1.165) is 36.1 Å². The number of rotatable bonds is 8. The molecule has 0 aliphatic heterocycles. The Balaban J connectivity index is 1.94. The van der Waals surface area contributed by atoms with E-state index in [0.29, 0.717) is 17.2 Å². The van der Waals surface area contributed by atoms with Crippen LogP contribution in [0.4, 0.5) is 5.13 Å². The molecule has 0 fully saturated rings. The average molecular weight is 432 g/mol. The third-order valence-corrected chi connectivity index (χ3v) is 7.01. The van der Waals surface area contributed by atoms with E-state index < -0.39 is 9.84 Å². The SMILES string of the molecule is CCN(CC)CCN(C(=O)c1ccc(S(C)(=O)=O)cc1)c1nc2ccccc2s1. The van der Waals surface area contributed by atoms with Gasteiger partial charge in [-0.05, 0) is 49.5 Å². The van der Waals surface area contributed by atoms with Gasteiger partial charge in [-0.3, -0.25) is 9.69 Å². The number of para-hydroxylation sites is 1. The summed E-state index contributed by atoms with van der Waals surface area (Å²) in [5.41, 5.74) is 1.30. The molecule has 0 N–H and O–H groups in total. The lowest BCUT2D eigenvalue weighted by Crippen LogP contribution is -2.38. The molecule has 0 unspecified atom stereocenters. The summed E-state index contributed by atoms with van der Waals surface area (Å²) < 4.78 is 24.4. The van der Waals surface area contributed by atoms with Gasteiger partial charge in [0, 0.05) is 24.9 Å². The van der Waals surface area contributed by atoms with E-state index >= 15 is 0 Å². The Kier molecular flexibility index (Phi) is 6.66. The van der Waals surface area contributed by atoms with Crippen LogP contribution in [-0.4, -0.2) is 56.6 Å². The van der Waals surface area contributed by atoms with Crippen molar-refractivity contribution < 1.29 is 13.2 Å². The van der Waals surface area contributed by atoms with Crippen LogP contribution in [0.3, 0.4) is 0 Å². The second-order valence-electron chi connectivity index (χ2n) is 6.74. The highest BCUT2D eigenvalue weighted by Gasteiger charge is 2.22. The predicted octanol–water partition coefficient (Wildman–Crippen LogP) is 3.69. The molecule has 3 aromatic rings. The number of carbonyl (C=O) groups excluding carboxylic acids is 1. The Labute approximate surface area is 175 Å². The molecule has 1 amide bonds. The number of hydrogen-bond acceptors (Lipinski definition) is 6. The molecule has 8 heteroatoms. The first-order valence-corrected chi connectivity index (χ1v) is 12.2. The number of fused-ring (bicyclic) bond motifs is 1. The van der Waals surface area contributed by atoms with Crippen LogP contribution in [0.25, 0.3) is 10.2 Å². The van der Waals surface area contributed by atoms with Crippen molar-refractivity contribution in [1.29, 1.82) is 0 Å². The molecule has 2 aromatic carbocycles. The Morgan fingerprint density at radius 3 is 2.24 bits per heavy atom. The van der Waals surface area contributed by atoms with Gasteiger partial charge in [0.1, 0.15) is 0 Å². The monoisotopic (exact) mass is 431 g/mol. The molecule has 154 valence electrons. The topological polar surface area (TPSA) is 70.6 Å². The normalized spacial score (nSPS) is 11.9. The van der Waals surface area contributed by atoms with E-state index in [2.05, 4.69) is 23.7 Å². The van der Waals surface area contributed by atoms with Crippen LogP contribution in [0.15, 0.2) is 53.4 Å². The van der Waals surface area contributed by atoms with Crippen molar-refractivity contribution in [3.8, 4) is 0 Å². The molecule has 6 nitrogen and oxygen atoms in total. The van der Waals surface area contributed by atoms with Gasteiger partial charge in [0.05, 0.1) is 15.1 Å². The standard InChI is InChI=1S/C21H25N3O3S2/c1-4-23(5-2)14-15-24(21-22-18-8-6-7-9-19(18)28-21)20(25)16-10-12-17(13-11-16)29(3,26)27/h6-13H,4-5,14-15H2,1-3H3. The number of benzene rings is 2. The van der Waals surface area contributed by atoms with Gasteiger partial charge in [-0.25, -0.2) is 13.4 Å². The first-order valence-electron chi connectivity index (χ1n) is 9.53. The van der Waals surface area contributed by atoms with Gasteiger partial charge >= 0.3 is 0 Å². The fourth-order valence-electron chi connectivity index (χ4n) is 3.04. The van der Waals surface area contributed by atoms with Crippen LogP contribution in [-0.2, 0) is 9.84 Å². The lowest BCUT2D eigenvalue weighted by molar-refractivity contribution is 0.0983. The Hall–Kier alpha value is -2.29. The van der Waals surface area contributed by atoms with Crippen molar-refractivity contribution in [2.24, 2.45) is 0 Å². The number of thiazole rings is 1. The van der Waals surface area contributed by atoms with E-state index in [4.69, 9.17) is 0 Å². The van der Waals surface area contributed by atoms with Crippen LogP contribution in [0, 0.1) is 0 Å². The van der Waals surface area contributed by atoms with E-state index in [1.165, 1.54) is 23.5 Å². The maximum atomic E-state index is 13.3. The van der Waals surface area contributed by atoms with Gasteiger partial charge < -0.3 is 4.90 Å². The fourth-order valence-corrected chi connectivity index (χ4v) is 4.66. The molecular weight excluding hydrogens is 406 g/mol. The number of anilines is 1. The van der Waals surface area contributed by atoms with Crippen LogP contribution in [0.2, 0.25) is 0 Å². The lowest BCUT2D eigenvalue weighted by atomic mass is 10.2. The van der Waals surface area contributed by atoms with Gasteiger partial charge in [-0.2, -0.15) is 0 Å². The zero-order chi connectivity index (χ0) is 21.0. The van der Waals surface area contributed by atoms with E-state index in [1.807, 2.05) is 24.3 Å². The molecular formula is C21H25N3O3S2. The zero-order valence-corrected chi connectivity index (χ0v) is 18.5. The Bertz CT molecular complexity index is 1050. The highest BCUT2D eigenvalue weighted by Crippen LogP contribution is 2.29. The van der Waals surface area contributed by atoms with Crippen molar-refractivity contribution in [2.75, 3.05) is 37.3 Å². The molecule has 0 saturated carbocycles. The maximum absolute atomic E-state index is 13.3. The smallest absolute Gasteiger partial charge is 0.260 e. The van der Waals surface area contributed by atoms with E-state index in [1.54, 1.807) is 17.0 Å². The van der Waals surface area contributed by atoms with Gasteiger partial charge in [-0.15, -0.1) is 0 Å². The molecule has 0 aliphatic carbocycles. The van der Waals surface area contributed by atoms with Gasteiger partial charge in [0.2, 0.25) is 0 Å². The second-order valence-corrected chi connectivity index (χ2v) is 9.77. The summed E-state index contributed by atoms with van der Waals surface area (Å²) in [5.74, 6) is -0.184. The first kappa shape index (κ1) is 21.4. The highest BCUT2D eigenvalue weighted by atomic mass is 32.2. The molecule has 1 aromatic heterocycles. The Morgan fingerprint density at radius 2 is 1.66 bits per heavy atom. The summed E-state index contributed by atoms with van der Waals surface area (Å²) in [6, 6.07) is 13.9. The number of nitrogens with zero attached hydrogens (tertiary/aromatic N) is 3. The Morgan fingerprint density at radius 1 is 1.00 bits per heavy atom. The molecule has 3 rings (SSSR count). The van der Waals surface area contributed by atoms with Crippen LogP contribution in [0.1, 0.15) is 24.2 Å². The first-order chi connectivity index (χ1) is 13.8. The molecule has 0 radical (unpaired) electrons. The number of sulfone groups is 1. The summed E-state index contributed by atoms with van der Waals surface area (Å²) in [5, 5.41) is 0.649. The quantitative estimate of drug-likeness (QED) is 0.544. The molecule has 0 bridgehead atoms. The summed E-state index contributed by atoms with van der Waals surface area (Å²) >= 11 is 1.48. The minimum atomic E-state index is -3.31. The van der Waals surface area contributed by atoms with Crippen LogP contribution >= 0.6 is 11.3 Å². The second kappa shape index (κ2) is 9.02. The number of likely N-dealkylation sites (N-methyl/N-ethyl adjacent to an activating group) is 1. The van der Waals surface area contributed by atoms with Crippen LogP contribution < -0.4 is 4.90 Å². The molecule has 29 heavy (non-hydrogen) atoms. The van der Waals surface area contributed by atoms with E-state index in [9.17, 15) is 13.2 Å². The number of carbonyl (C=O) groups is 1. The number of aromatic nitrogens is 1. The largest absolute Gasteiger partial charge is 0.302 e. The third-order valence-electron chi connectivity index (χ3n) is 4.82. The summed E-state index contributed by atoms with van der Waals surface area (Å²) in [7, 11) is -3.31. The number of amides is 1. The zero-order valence-electron chi connectivity index (χ0n) is 16.8. The van der Waals surface area contributed by atoms with Crippen molar-refractivity contribution in [2.45, 2.75) is 18.7 Å².